The maximum atomic E-state index is 6.07. The van der Waals surface area contributed by atoms with Gasteiger partial charge in [0.25, 0.3) is 0 Å². The Labute approximate surface area is 126 Å². The van der Waals surface area contributed by atoms with E-state index in [1.807, 2.05) is 13.8 Å². The van der Waals surface area contributed by atoms with Crippen LogP contribution in [0, 0.1) is 20.8 Å². The van der Waals surface area contributed by atoms with E-state index in [1.165, 1.54) is 5.56 Å². The second-order valence-electron chi connectivity index (χ2n) is 4.34. The highest BCUT2D eigenvalue weighted by molar-refractivity contribution is 6.43. The highest BCUT2D eigenvalue weighted by Gasteiger charge is 2.12. The molecule has 0 aliphatic carbocycles. The number of aryl methyl sites for hydroxylation is 3. The highest BCUT2D eigenvalue weighted by Crippen LogP contribution is 2.32. The summed E-state index contributed by atoms with van der Waals surface area (Å²) in [6.45, 7) is 6.08. The lowest BCUT2D eigenvalue weighted by Gasteiger charge is -2.14. The van der Waals surface area contributed by atoms with Gasteiger partial charge >= 0.3 is 0 Å². The monoisotopic (exact) mass is 315 g/mol. The van der Waals surface area contributed by atoms with Crippen LogP contribution < -0.4 is 5.32 Å². The van der Waals surface area contributed by atoms with Crippen LogP contribution in [0.2, 0.25) is 15.5 Å². The highest BCUT2D eigenvalue weighted by atomic mass is 35.5. The summed E-state index contributed by atoms with van der Waals surface area (Å²) >= 11 is 17.7. The predicted molar refractivity (Wildman–Crippen MR) is 81.0 cm³/mol. The van der Waals surface area contributed by atoms with Gasteiger partial charge in [-0.25, -0.2) is 4.98 Å². The van der Waals surface area contributed by atoms with Gasteiger partial charge in [0, 0.05) is 5.69 Å². The van der Waals surface area contributed by atoms with Crippen molar-refractivity contribution in [2.45, 2.75) is 20.8 Å². The van der Waals surface area contributed by atoms with Crippen molar-refractivity contribution in [3.05, 3.63) is 44.3 Å². The number of hydrogen-bond acceptors (Lipinski definition) is 3. The molecule has 0 saturated carbocycles. The summed E-state index contributed by atoms with van der Waals surface area (Å²) in [6, 6.07) is 4.15. The van der Waals surface area contributed by atoms with Gasteiger partial charge in [-0.15, -0.1) is 0 Å². The predicted octanol–water partition coefficient (Wildman–Crippen LogP) is 5.11. The average molecular weight is 317 g/mol. The number of nitrogens with zero attached hydrogens (tertiary/aromatic N) is 2. The molecule has 0 unspecified atom stereocenters. The molecular formula is C13H12Cl3N3. The molecule has 1 N–H and O–H groups in total. The largest absolute Gasteiger partial charge is 0.338 e. The van der Waals surface area contributed by atoms with Crippen molar-refractivity contribution < 1.29 is 0 Å². The lowest BCUT2D eigenvalue weighted by atomic mass is 10.1. The molecule has 19 heavy (non-hydrogen) atoms. The molecule has 6 heteroatoms. The molecule has 0 atom stereocenters. The van der Waals surface area contributed by atoms with Crippen molar-refractivity contribution in [2.75, 3.05) is 5.32 Å². The molecule has 0 spiro atoms. The summed E-state index contributed by atoms with van der Waals surface area (Å²) in [5.41, 5.74) is 4.34. The molecule has 0 fully saturated rings. The second-order valence-corrected chi connectivity index (χ2v) is 5.42. The smallest absolute Gasteiger partial charge is 0.225 e. The van der Waals surface area contributed by atoms with Gasteiger partial charge < -0.3 is 5.32 Å². The molecule has 100 valence electrons. The van der Waals surface area contributed by atoms with Crippen molar-refractivity contribution in [2.24, 2.45) is 0 Å². The Morgan fingerprint density at radius 3 is 2.11 bits per heavy atom. The van der Waals surface area contributed by atoms with Gasteiger partial charge in [-0.2, -0.15) is 4.98 Å². The first-order valence-corrected chi connectivity index (χ1v) is 6.75. The summed E-state index contributed by atoms with van der Waals surface area (Å²) in [5.74, 6) is 0.404. The molecule has 0 amide bonds. The van der Waals surface area contributed by atoms with Crippen molar-refractivity contribution in [1.82, 2.24) is 9.97 Å². The Hall–Kier alpha value is -1.03. The van der Waals surface area contributed by atoms with Crippen LogP contribution in [-0.4, -0.2) is 9.97 Å². The maximum absolute atomic E-state index is 6.07. The van der Waals surface area contributed by atoms with E-state index >= 15 is 0 Å². The van der Waals surface area contributed by atoms with Crippen LogP contribution in [0.1, 0.15) is 16.7 Å². The molecule has 1 heterocycles. The first-order chi connectivity index (χ1) is 8.88. The molecule has 0 bridgehead atoms. The number of halogens is 3. The van der Waals surface area contributed by atoms with Gasteiger partial charge in [0.05, 0.1) is 0 Å². The summed E-state index contributed by atoms with van der Waals surface area (Å²) in [6.07, 6.45) is 0. The summed E-state index contributed by atoms with van der Waals surface area (Å²) in [4.78, 5) is 7.84. The van der Waals surface area contributed by atoms with Crippen molar-refractivity contribution in [3.8, 4) is 0 Å². The Morgan fingerprint density at radius 1 is 0.947 bits per heavy atom. The first-order valence-electron chi connectivity index (χ1n) is 5.62. The zero-order valence-electron chi connectivity index (χ0n) is 10.7. The third kappa shape index (κ3) is 3.11. The SMILES string of the molecule is Cc1cc(C)c(Nc2nc(Cl)nc(Cl)c2Cl)c(C)c1. The standard InChI is InChI=1S/C13H12Cl3N3/c1-6-4-7(2)10(8(3)5-6)17-12-9(14)11(15)18-13(16)19-12/h4-5H,1-3H3,(H,17,18,19). The fourth-order valence-corrected chi connectivity index (χ4v) is 2.49. The Balaban J connectivity index is 2.48. The molecule has 1 aromatic carbocycles. The Morgan fingerprint density at radius 2 is 1.53 bits per heavy atom. The number of aromatic nitrogens is 2. The third-order valence-corrected chi connectivity index (χ3v) is 3.60. The topological polar surface area (TPSA) is 37.8 Å². The number of rotatable bonds is 2. The second kappa shape index (κ2) is 5.53. The van der Waals surface area contributed by atoms with Gasteiger partial charge in [-0.3, -0.25) is 0 Å². The molecule has 0 saturated heterocycles. The van der Waals surface area contributed by atoms with Crippen LogP contribution in [0.4, 0.5) is 11.5 Å². The number of nitrogens with one attached hydrogen (secondary N) is 1. The van der Waals surface area contributed by atoms with E-state index in [0.29, 0.717) is 5.82 Å². The van der Waals surface area contributed by atoms with Gasteiger partial charge in [0.15, 0.2) is 11.0 Å². The van der Waals surface area contributed by atoms with Crippen LogP contribution in [0.25, 0.3) is 0 Å². The van der Waals surface area contributed by atoms with E-state index < -0.39 is 0 Å². The number of hydrogen-bond donors (Lipinski definition) is 1. The molecule has 2 rings (SSSR count). The molecule has 0 aliphatic rings. The Kier molecular flexibility index (Phi) is 4.19. The normalized spacial score (nSPS) is 10.6. The van der Waals surface area contributed by atoms with E-state index in [2.05, 4.69) is 34.3 Å². The minimum atomic E-state index is 0.0549. The van der Waals surface area contributed by atoms with E-state index in [4.69, 9.17) is 34.8 Å². The van der Waals surface area contributed by atoms with E-state index in [9.17, 15) is 0 Å². The maximum Gasteiger partial charge on any atom is 0.225 e. The van der Waals surface area contributed by atoms with E-state index in [1.54, 1.807) is 0 Å². The third-order valence-electron chi connectivity index (χ3n) is 2.70. The Bertz CT molecular complexity index is 618. The van der Waals surface area contributed by atoms with Crippen molar-refractivity contribution in [1.29, 1.82) is 0 Å². The zero-order chi connectivity index (χ0) is 14.2. The van der Waals surface area contributed by atoms with Gasteiger partial charge in [0.2, 0.25) is 5.28 Å². The number of benzene rings is 1. The van der Waals surface area contributed by atoms with Crippen LogP contribution >= 0.6 is 34.8 Å². The average Bonchev–Trinajstić information content (AvgIpc) is 2.29. The molecule has 0 aliphatic heterocycles. The molecule has 1 aromatic heterocycles. The van der Waals surface area contributed by atoms with Crippen LogP contribution in [0.15, 0.2) is 12.1 Å². The van der Waals surface area contributed by atoms with E-state index in [0.717, 1.165) is 16.8 Å². The van der Waals surface area contributed by atoms with Crippen LogP contribution in [0.5, 0.6) is 0 Å². The van der Waals surface area contributed by atoms with Gasteiger partial charge in [-0.05, 0) is 43.5 Å². The number of anilines is 2. The van der Waals surface area contributed by atoms with Crippen LogP contribution in [-0.2, 0) is 0 Å². The summed E-state index contributed by atoms with van der Waals surface area (Å²) in [5, 5.41) is 3.61. The van der Waals surface area contributed by atoms with Gasteiger partial charge in [-0.1, -0.05) is 40.9 Å². The lowest BCUT2D eigenvalue weighted by Crippen LogP contribution is -2.01. The van der Waals surface area contributed by atoms with Crippen molar-refractivity contribution in [3.63, 3.8) is 0 Å². The summed E-state index contributed by atoms with van der Waals surface area (Å²) in [7, 11) is 0. The van der Waals surface area contributed by atoms with E-state index in [-0.39, 0.29) is 15.5 Å². The minimum absolute atomic E-state index is 0.0549. The molecular weight excluding hydrogens is 305 g/mol. The summed E-state index contributed by atoms with van der Waals surface area (Å²) < 4.78 is 0. The minimum Gasteiger partial charge on any atom is -0.338 e. The molecule has 2 aromatic rings. The lowest BCUT2D eigenvalue weighted by molar-refractivity contribution is 1.16. The fraction of sp³-hybridized carbons (Fsp3) is 0.231. The molecule has 3 nitrogen and oxygen atoms in total. The van der Waals surface area contributed by atoms with Crippen LogP contribution in [0.3, 0.4) is 0 Å². The first kappa shape index (κ1) is 14.4. The zero-order valence-corrected chi connectivity index (χ0v) is 13.0. The van der Waals surface area contributed by atoms with Gasteiger partial charge in [0.1, 0.15) is 5.02 Å². The quantitative estimate of drug-likeness (QED) is 0.618. The van der Waals surface area contributed by atoms with Crippen molar-refractivity contribution >= 4 is 46.3 Å². The molecule has 0 radical (unpaired) electrons. The fourth-order valence-electron chi connectivity index (χ4n) is 1.97.